The van der Waals surface area contributed by atoms with Crippen molar-refractivity contribution in [3.63, 3.8) is 0 Å². The fourth-order valence-corrected chi connectivity index (χ4v) is 4.70. The maximum atomic E-state index is 14.3. The fraction of sp³-hybridized carbons (Fsp3) is 0.516. The summed E-state index contributed by atoms with van der Waals surface area (Å²) in [7, 11) is 1.59. The number of carbonyl (C=O) groups excluding carboxylic acids is 3. The number of ether oxygens (including phenoxy) is 2. The minimum atomic E-state index is -0.874. The average Bonchev–Trinajstić information content (AvgIpc) is 2.81. The number of anilines is 1. The lowest BCUT2D eigenvalue weighted by molar-refractivity contribution is -0.146. The molecule has 8 nitrogen and oxygen atoms in total. The number of aryl methyl sites for hydroxylation is 1. The number of carbonyl (C=O) groups is 3. The largest absolute Gasteiger partial charge is 0.497 e. The molecule has 39 heavy (non-hydrogen) atoms. The van der Waals surface area contributed by atoms with Crippen LogP contribution >= 0.6 is 0 Å². The van der Waals surface area contributed by atoms with E-state index >= 15 is 0 Å². The Bertz CT molecular complexity index is 1140. The molecule has 1 aliphatic carbocycles. The monoisotopic (exact) mass is 537 g/mol. The van der Waals surface area contributed by atoms with Crippen molar-refractivity contribution in [1.82, 2.24) is 10.2 Å². The molecule has 0 saturated heterocycles. The van der Waals surface area contributed by atoms with Crippen molar-refractivity contribution in [3.05, 3.63) is 59.7 Å². The number of rotatable bonds is 10. The molecule has 0 radical (unpaired) electrons. The second-order valence-electron chi connectivity index (χ2n) is 11.6. The molecule has 2 N–H and O–H groups in total. The Labute approximate surface area is 232 Å². The van der Waals surface area contributed by atoms with Crippen molar-refractivity contribution in [1.29, 1.82) is 0 Å². The van der Waals surface area contributed by atoms with Gasteiger partial charge in [0.2, 0.25) is 5.91 Å². The first-order valence-electron chi connectivity index (χ1n) is 13.7. The maximum absolute atomic E-state index is 14.3. The van der Waals surface area contributed by atoms with E-state index in [1.54, 1.807) is 57.0 Å². The molecule has 0 heterocycles. The summed E-state index contributed by atoms with van der Waals surface area (Å²) in [5.41, 5.74) is 1.56. The average molecular weight is 538 g/mol. The van der Waals surface area contributed by atoms with Gasteiger partial charge in [0.15, 0.2) is 0 Å². The lowest BCUT2D eigenvalue weighted by atomic mass is 9.86. The van der Waals surface area contributed by atoms with E-state index in [1.165, 1.54) is 0 Å². The Morgan fingerprint density at radius 1 is 1.03 bits per heavy atom. The lowest BCUT2D eigenvalue weighted by Gasteiger charge is -2.44. The molecule has 8 heteroatoms. The highest BCUT2D eigenvalue weighted by atomic mass is 16.6. The van der Waals surface area contributed by atoms with Gasteiger partial charge in [0.25, 0.3) is 5.91 Å². The Hall–Kier alpha value is -3.55. The number of nitrogens with one attached hydrogen (secondary N) is 2. The van der Waals surface area contributed by atoms with Gasteiger partial charge in [-0.25, -0.2) is 4.79 Å². The van der Waals surface area contributed by atoms with Crippen LogP contribution in [-0.2, 0) is 14.3 Å². The smallest absolute Gasteiger partial charge is 0.408 e. The van der Waals surface area contributed by atoms with Crippen LogP contribution in [0.15, 0.2) is 48.5 Å². The first-order chi connectivity index (χ1) is 18.4. The molecule has 0 bridgehead atoms. The molecule has 2 unspecified atom stereocenters. The third-order valence-electron chi connectivity index (χ3n) is 6.79. The molecule has 212 valence electrons. The van der Waals surface area contributed by atoms with Crippen LogP contribution in [0.5, 0.6) is 5.75 Å². The predicted molar refractivity (Wildman–Crippen MR) is 153 cm³/mol. The quantitative estimate of drug-likeness (QED) is 0.387. The number of hydrogen-bond donors (Lipinski definition) is 2. The van der Waals surface area contributed by atoms with E-state index < -0.39 is 23.8 Å². The Kier molecular flexibility index (Phi) is 10.0. The summed E-state index contributed by atoms with van der Waals surface area (Å²) in [5, 5.41) is 5.82. The molecular formula is C31H43N3O5. The van der Waals surface area contributed by atoms with E-state index in [1.807, 2.05) is 45.0 Å². The van der Waals surface area contributed by atoms with Gasteiger partial charge < -0.3 is 25.0 Å². The number of alkyl carbamates (subject to hydrolysis) is 1. The van der Waals surface area contributed by atoms with Crippen molar-refractivity contribution < 1.29 is 23.9 Å². The molecule has 3 rings (SSSR count). The zero-order valence-corrected chi connectivity index (χ0v) is 24.2. The third kappa shape index (κ3) is 8.22. The first-order valence-corrected chi connectivity index (χ1v) is 13.7. The van der Waals surface area contributed by atoms with Crippen LogP contribution < -0.4 is 15.4 Å². The van der Waals surface area contributed by atoms with Gasteiger partial charge >= 0.3 is 6.09 Å². The van der Waals surface area contributed by atoms with Crippen LogP contribution in [0.4, 0.5) is 10.5 Å². The van der Waals surface area contributed by atoms with Crippen molar-refractivity contribution >= 4 is 23.6 Å². The summed E-state index contributed by atoms with van der Waals surface area (Å²) in [6, 6.07) is 12.9. The summed E-state index contributed by atoms with van der Waals surface area (Å²) in [4.78, 5) is 42.8. The summed E-state index contributed by atoms with van der Waals surface area (Å²) in [6.45, 7) is 11.3. The molecular weight excluding hydrogens is 494 g/mol. The molecule has 3 amide bonds. The molecule has 1 fully saturated rings. The van der Waals surface area contributed by atoms with E-state index in [4.69, 9.17) is 9.47 Å². The Morgan fingerprint density at radius 3 is 2.18 bits per heavy atom. The van der Waals surface area contributed by atoms with E-state index in [-0.39, 0.29) is 23.8 Å². The summed E-state index contributed by atoms with van der Waals surface area (Å²) >= 11 is 0. The molecule has 0 aromatic heterocycles. The van der Waals surface area contributed by atoms with Gasteiger partial charge in [-0.15, -0.1) is 0 Å². The van der Waals surface area contributed by atoms with Crippen molar-refractivity contribution in [2.75, 3.05) is 12.4 Å². The van der Waals surface area contributed by atoms with Gasteiger partial charge in [0, 0.05) is 11.7 Å². The van der Waals surface area contributed by atoms with Gasteiger partial charge in [0.1, 0.15) is 23.4 Å². The third-order valence-corrected chi connectivity index (χ3v) is 6.79. The fourth-order valence-electron chi connectivity index (χ4n) is 4.70. The van der Waals surface area contributed by atoms with Crippen LogP contribution in [0.25, 0.3) is 0 Å². The van der Waals surface area contributed by atoms with Gasteiger partial charge in [-0.1, -0.05) is 38.1 Å². The van der Waals surface area contributed by atoms with Crippen molar-refractivity contribution in [2.45, 2.75) is 91.0 Å². The van der Waals surface area contributed by atoms with Gasteiger partial charge in [-0.05, 0) is 94.7 Å². The van der Waals surface area contributed by atoms with Crippen LogP contribution in [0, 0.1) is 12.8 Å². The first kappa shape index (κ1) is 30.0. The topological polar surface area (TPSA) is 97.0 Å². The van der Waals surface area contributed by atoms with Gasteiger partial charge in [-0.2, -0.15) is 0 Å². The molecule has 2 atom stereocenters. The summed E-state index contributed by atoms with van der Waals surface area (Å²) in [5.74, 6) is 0.217. The highest BCUT2D eigenvalue weighted by molar-refractivity contribution is 5.99. The minimum absolute atomic E-state index is 0.112. The van der Waals surface area contributed by atoms with Crippen LogP contribution in [0.3, 0.4) is 0 Å². The zero-order chi connectivity index (χ0) is 28.7. The normalized spacial score (nSPS) is 15.1. The number of benzene rings is 2. The Balaban J connectivity index is 2.01. The van der Waals surface area contributed by atoms with E-state index in [0.717, 1.165) is 30.4 Å². The van der Waals surface area contributed by atoms with E-state index in [9.17, 15) is 14.4 Å². The molecule has 0 spiro atoms. The molecule has 0 aliphatic heterocycles. The SMILES string of the molecule is COc1ccc(NC(=O)C(c2ccccc2C)N(C(=O)C(CC(C)C)NC(=O)OC(C)(C)C)C2CCC2)cc1. The Morgan fingerprint density at radius 2 is 1.67 bits per heavy atom. The number of nitrogens with zero attached hydrogens (tertiary/aromatic N) is 1. The highest BCUT2D eigenvalue weighted by Gasteiger charge is 2.42. The standard InChI is InChI=1S/C31H43N3O5/c1-20(2)19-26(33-30(37)39-31(4,5)6)29(36)34(23-12-10-13-23)27(25-14-9-8-11-21(25)3)28(35)32-22-15-17-24(38-7)18-16-22/h8-9,11,14-18,20,23,26-27H,10,12-13,19H2,1-7H3,(H,32,35)(H,33,37). The molecule has 2 aromatic carbocycles. The predicted octanol–water partition coefficient (Wildman–Crippen LogP) is 6.00. The molecule has 1 saturated carbocycles. The minimum Gasteiger partial charge on any atom is -0.497 e. The maximum Gasteiger partial charge on any atom is 0.408 e. The van der Waals surface area contributed by atoms with Crippen LogP contribution in [-0.4, -0.2) is 47.6 Å². The second kappa shape index (κ2) is 13.0. The lowest BCUT2D eigenvalue weighted by Crippen LogP contribution is -2.57. The number of amides is 3. The van der Waals surface area contributed by atoms with Gasteiger partial charge in [-0.3, -0.25) is 9.59 Å². The molecule has 1 aliphatic rings. The zero-order valence-electron chi connectivity index (χ0n) is 24.2. The molecule has 2 aromatic rings. The highest BCUT2D eigenvalue weighted by Crippen LogP contribution is 2.36. The summed E-state index contributed by atoms with van der Waals surface area (Å²) in [6.07, 6.45) is 2.34. The van der Waals surface area contributed by atoms with Crippen LogP contribution in [0.1, 0.15) is 77.5 Å². The number of methoxy groups -OCH3 is 1. The van der Waals surface area contributed by atoms with Gasteiger partial charge in [0.05, 0.1) is 7.11 Å². The number of hydrogen-bond acceptors (Lipinski definition) is 5. The van der Waals surface area contributed by atoms with E-state index in [0.29, 0.717) is 17.9 Å². The van der Waals surface area contributed by atoms with E-state index in [2.05, 4.69) is 10.6 Å². The van der Waals surface area contributed by atoms with Crippen molar-refractivity contribution in [2.24, 2.45) is 5.92 Å². The second-order valence-corrected chi connectivity index (χ2v) is 11.6. The summed E-state index contributed by atoms with van der Waals surface area (Å²) < 4.78 is 10.7. The van der Waals surface area contributed by atoms with Crippen LogP contribution in [0.2, 0.25) is 0 Å². The van der Waals surface area contributed by atoms with Crippen molar-refractivity contribution in [3.8, 4) is 5.75 Å².